The first-order valence-electron chi connectivity index (χ1n) is 7.36. The predicted molar refractivity (Wildman–Crippen MR) is 69.5 cm³/mol. The number of hydrogen-bond donors (Lipinski definition) is 0. The number of piperazine rings is 1. The summed E-state index contributed by atoms with van der Waals surface area (Å²) in [6.07, 6.45) is 3.49. The molecule has 4 heteroatoms. The number of hydrogen-bond acceptors (Lipinski definition) is 4. The molecule has 0 aromatic rings. The molecule has 0 spiro atoms. The molecule has 2 aliphatic heterocycles. The van der Waals surface area contributed by atoms with Crippen molar-refractivity contribution < 1.29 is 9.53 Å². The summed E-state index contributed by atoms with van der Waals surface area (Å²) in [6, 6.07) is 0. The van der Waals surface area contributed by atoms with E-state index in [0.717, 1.165) is 25.6 Å². The van der Waals surface area contributed by atoms with E-state index in [9.17, 15) is 4.79 Å². The summed E-state index contributed by atoms with van der Waals surface area (Å²) in [5.41, 5.74) is 0. The van der Waals surface area contributed by atoms with Gasteiger partial charge in [-0.2, -0.15) is 0 Å². The first-order chi connectivity index (χ1) is 8.81. The van der Waals surface area contributed by atoms with E-state index in [4.69, 9.17) is 4.74 Å². The molecule has 1 saturated carbocycles. The Morgan fingerprint density at radius 1 is 1.06 bits per heavy atom. The van der Waals surface area contributed by atoms with Gasteiger partial charge in [0.05, 0.1) is 19.1 Å². The van der Waals surface area contributed by atoms with Crippen molar-refractivity contribution in [1.82, 2.24) is 9.80 Å². The lowest BCUT2D eigenvalue weighted by molar-refractivity contribution is -0.131. The van der Waals surface area contributed by atoms with Crippen LogP contribution in [0.25, 0.3) is 0 Å². The van der Waals surface area contributed by atoms with Gasteiger partial charge in [0.15, 0.2) is 0 Å². The molecule has 0 aromatic heterocycles. The Kier molecular flexibility index (Phi) is 3.97. The fraction of sp³-hybridized carbons (Fsp3) is 0.929. The highest BCUT2D eigenvalue weighted by atomic mass is 16.5. The standard InChI is InChI=1S/C14H24N2O2/c17-14-3-8-18-11-13(14)10-16-6-4-15(5-7-16)9-12-1-2-12/h12-13H,1-11H2. The van der Waals surface area contributed by atoms with Crippen molar-refractivity contribution in [3.63, 3.8) is 0 Å². The lowest BCUT2D eigenvalue weighted by atomic mass is 10.00. The number of Topliss-reactive ketones (excluding diaryl/α,β-unsaturated/α-hetero) is 1. The highest BCUT2D eigenvalue weighted by Crippen LogP contribution is 2.29. The number of rotatable bonds is 4. The molecule has 2 heterocycles. The van der Waals surface area contributed by atoms with Gasteiger partial charge in [-0.25, -0.2) is 0 Å². The highest BCUT2D eigenvalue weighted by Gasteiger charge is 2.29. The van der Waals surface area contributed by atoms with Gasteiger partial charge < -0.3 is 9.64 Å². The third kappa shape index (κ3) is 3.31. The Balaban J connectivity index is 1.40. The van der Waals surface area contributed by atoms with Gasteiger partial charge in [-0.3, -0.25) is 9.69 Å². The monoisotopic (exact) mass is 252 g/mol. The molecule has 0 radical (unpaired) electrons. The minimum absolute atomic E-state index is 0.133. The summed E-state index contributed by atoms with van der Waals surface area (Å²) in [5.74, 6) is 1.53. The summed E-state index contributed by atoms with van der Waals surface area (Å²) < 4.78 is 5.42. The van der Waals surface area contributed by atoms with Crippen LogP contribution in [0.15, 0.2) is 0 Å². The fourth-order valence-electron chi connectivity index (χ4n) is 2.98. The maximum absolute atomic E-state index is 11.8. The molecule has 1 unspecified atom stereocenters. The van der Waals surface area contributed by atoms with E-state index < -0.39 is 0 Å². The minimum Gasteiger partial charge on any atom is -0.380 e. The molecule has 2 saturated heterocycles. The minimum atomic E-state index is 0.133. The van der Waals surface area contributed by atoms with Gasteiger partial charge in [-0.15, -0.1) is 0 Å². The molecule has 102 valence electrons. The number of ether oxygens (including phenoxy) is 1. The zero-order chi connectivity index (χ0) is 12.4. The van der Waals surface area contributed by atoms with Crippen LogP contribution in [0.4, 0.5) is 0 Å². The molecule has 3 rings (SSSR count). The smallest absolute Gasteiger partial charge is 0.141 e. The lowest BCUT2D eigenvalue weighted by Crippen LogP contribution is -2.49. The van der Waals surface area contributed by atoms with Crippen molar-refractivity contribution in [3.8, 4) is 0 Å². The van der Waals surface area contributed by atoms with Crippen LogP contribution in [0.3, 0.4) is 0 Å². The first kappa shape index (κ1) is 12.6. The second-order valence-corrected chi connectivity index (χ2v) is 6.03. The molecule has 3 fully saturated rings. The van der Waals surface area contributed by atoms with Crippen LogP contribution in [0.5, 0.6) is 0 Å². The number of carbonyl (C=O) groups is 1. The van der Waals surface area contributed by atoms with E-state index in [1.54, 1.807) is 0 Å². The Hall–Kier alpha value is -0.450. The third-order valence-corrected chi connectivity index (χ3v) is 4.42. The van der Waals surface area contributed by atoms with E-state index in [1.165, 1.54) is 32.5 Å². The molecular formula is C14H24N2O2. The van der Waals surface area contributed by atoms with E-state index in [-0.39, 0.29) is 5.92 Å². The van der Waals surface area contributed by atoms with Crippen LogP contribution < -0.4 is 0 Å². The summed E-state index contributed by atoms with van der Waals surface area (Å²) in [4.78, 5) is 16.8. The molecule has 0 aromatic carbocycles. The van der Waals surface area contributed by atoms with Crippen molar-refractivity contribution in [3.05, 3.63) is 0 Å². The van der Waals surface area contributed by atoms with Gasteiger partial charge >= 0.3 is 0 Å². The Morgan fingerprint density at radius 3 is 2.33 bits per heavy atom. The van der Waals surface area contributed by atoms with Crippen LogP contribution in [0, 0.1) is 11.8 Å². The van der Waals surface area contributed by atoms with Gasteiger partial charge in [0.1, 0.15) is 5.78 Å². The summed E-state index contributed by atoms with van der Waals surface area (Å²) in [5, 5.41) is 0. The molecule has 18 heavy (non-hydrogen) atoms. The molecule has 4 nitrogen and oxygen atoms in total. The zero-order valence-electron chi connectivity index (χ0n) is 11.1. The predicted octanol–water partition coefficient (Wildman–Crippen LogP) is 0.620. The topological polar surface area (TPSA) is 32.8 Å². The second-order valence-electron chi connectivity index (χ2n) is 6.03. The Morgan fingerprint density at radius 2 is 1.72 bits per heavy atom. The van der Waals surface area contributed by atoms with Crippen LogP contribution in [0.2, 0.25) is 0 Å². The van der Waals surface area contributed by atoms with Gasteiger partial charge in [0, 0.05) is 45.7 Å². The van der Waals surface area contributed by atoms with E-state index >= 15 is 0 Å². The van der Waals surface area contributed by atoms with Crippen LogP contribution in [-0.2, 0) is 9.53 Å². The lowest BCUT2D eigenvalue weighted by Gasteiger charge is -2.36. The highest BCUT2D eigenvalue weighted by molar-refractivity contribution is 5.82. The molecule has 1 aliphatic carbocycles. The summed E-state index contributed by atoms with van der Waals surface area (Å²) in [7, 11) is 0. The SMILES string of the molecule is O=C1CCOCC1CN1CCN(CC2CC2)CC1. The van der Waals surface area contributed by atoms with E-state index in [0.29, 0.717) is 25.4 Å². The first-order valence-corrected chi connectivity index (χ1v) is 7.36. The van der Waals surface area contributed by atoms with Crippen molar-refractivity contribution in [2.75, 3.05) is 52.5 Å². The van der Waals surface area contributed by atoms with Gasteiger partial charge in [0.2, 0.25) is 0 Å². The van der Waals surface area contributed by atoms with Gasteiger partial charge in [0.25, 0.3) is 0 Å². The van der Waals surface area contributed by atoms with Gasteiger partial charge in [-0.1, -0.05) is 0 Å². The maximum atomic E-state index is 11.8. The maximum Gasteiger partial charge on any atom is 0.141 e. The summed E-state index contributed by atoms with van der Waals surface area (Å²) >= 11 is 0. The van der Waals surface area contributed by atoms with Crippen molar-refractivity contribution in [2.24, 2.45) is 11.8 Å². The summed E-state index contributed by atoms with van der Waals surface area (Å²) in [6.45, 7) is 8.09. The third-order valence-electron chi connectivity index (χ3n) is 4.42. The van der Waals surface area contributed by atoms with Crippen LogP contribution in [0.1, 0.15) is 19.3 Å². The Bertz CT molecular complexity index is 296. The molecule has 3 aliphatic rings. The van der Waals surface area contributed by atoms with E-state index in [2.05, 4.69) is 9.80 Å². The molecule has 0 N–H and O–H groups in total. The van der Waals surface area contributed by atoms with Crippen molar-refractivity contribution >= 4 is 5.78 Å². The number of nitrogens with zero attached hydrogens (tertiary/aromatic N) is 2. The van der Waals surface area contributed by atoms with Crippen LogP contribution >= 0.6 is 0 Å². The van der Waals surface area contributed by atoms with Gasteiger partial charge in [-0.05, 0) is 18.8 Å². The normalized spacial score (nSPS) is 31.8. The molecule has 0 bridgehead atoms. The number of ketones is 1. The average molecular weight is 252 g/mol. The average Bonchev–Trinajstić information content (AvgIpc) is 3.19. The van der Waals surface area contributed by atoms with E-state index in [1.807, 2.05) is 0 Å². The molecule has 0 amide bonds. The zero-order valence-corrected chi connectivity index (χ0v) is 11.1. The number of carbonyl (C=O) groups excluding carboxylic acids is 1. The molecule has 1 atom stereocenters. The van der Waals surface area contributed by atoms with Crippen molar-refractivity contribution in [1.29, 1.82) is 0 Å². The second kappa shape index (κ2) is 5.68. The fourth-order valence-corrected chi connectivity index (χ4v) is 2.98. The van der Waals surface area contributed by atoms with Crippen LogP contribution in [-0.4, -0.2) is 68.1 Å². The molecular weight excluding hydrogens is 228 g/mol. The Labute approximate surface area is 109 Å². The quantitative estimate of drug-likeness (QED) is 0.734. The van der Waals surface area contributed by atoms with Crippen molar-refractivity contribution in [2.45, 2.75) is 19.3 Å². The largest absolute Gasteiger partial charge is 0.380 e.